The molecule has 3 heteroatoms. The average molecular weight is 242 g/mol. The number of rotatable bonds is 6. The molecule has 3 N–H and O–H groups in total. The highest BCUT2D eigenvalue weighted by atomic mass is 16.3. The predicted molar refractivity (Wildman–Crippen MR) is 73.0 cm³/mol. The van der Waals surface area contributed by atoms with Crippen LogP contribution in [0, 0.1) is 5.92 Å². The summed E-state index contributed by atoms with van der Waals surface area (Å²) in [6, 6.07) is 0.737. The molecule has 1 heterocycles. The van der Waals surface area contributed by atoms with Crippen LogP contribution in [0.4, 0.5) is 0 Å². The van der Waals surface area contributed by atoms with Gasteiger partial charge in [0.2, 0.25) is 0 Å². The van der Waals surface area contributed by atoms with E-state index in [1.807, 2.05) is 6.92 Å². The van der Waals surface area contributed by atoms with Crippen molar-refractivity contribution in [3.8, 4) is 0 Å². The molecule has 1 aliphatic heterocycles. The lowest BCUT2D eigenvalue weighted by Gasteiger charge is -2.37. The minimum absolute atomic E-state index is 0.365. The van der Waals surface area contributed by atoms with E-state index in [-0.39, 0.29) is 0 Å². The first-order chi connectivity index (χ1) is 7.94. The van der Waals surface area contributed by atoms with E-state index >= 15 is 0 Å². The highest BCUT2D eigenvalue weighted by molar-refractivity contribution is 4.78. The van der Waals surface area contributed by atoms with Crippen molar-refractivity contribution in [3.63, 3.8) is 0 Å². The van der Waals surface area contributed by atoms with Gasteiger partial charge in [-0.15, -0.1) is 0 Å². The first kappa shape index (κ1) is 14.9. The van der Waals surface area contributed by atoms with Crippen LogP contribution in [-0.4, -0.2) is 41.3 Å². The molecule has 0 radical (unpaired) electrons. The molecule has 102 valence electrons. The molecular weight excluding hydrogens is 212 g/mol. The summed E-state index contributed by atoms with van der Waals surface area (Å²) in [5.41, 5.74) is 4.85. The molecule has 0 aromatic rings. The van der Waals surface area contributed by atoms with Gasteiger partial charge < -0.3 is 15.7 Å². The highest BCUT2D eigenvalue weighted by Crippen LogP contribution is 2.22. The Balaban J connectivity index is 2.17. The molecule has 3 atom stereocenters. The zero-order valence-electron chi connectivity index (χ0n) is 11.8. The van der Waals surface area contributed by atoms with Crippen LogP contribution in [0.15, 0.2) is 0 Å². The van der Waals surface area contributed by atoms with Crippen molar-refractivity contribution in [2.24, 2.45) is 11.7 Å². The van der Waals surface area contributed by atoms with Crippen LogP contribution >= 0.6 is 0 Å². The summed E-state index contributed by atoms with van der Waals surface area (Å²) in [5, 5.41) is 9.82. The van der Waals surface area contributed by atoms with E-state index in [0.717, 1.165) is 24.8 Å². The number of hydrogen-bond acceptors (Lipinski definition) is 3. The smallest absolute Gasteiger partial charge is 0.0741 e. The maximum atomic E-state index is 9.82. The van der Waals surface area contributed by atoms with Crippen molar-refractivity contribution in [3.05, 3.63) is 0 Å². The maximum absolute atomic E-state index is 9.82. The van der Waals surface area contributed by atoms with Gasteiger partial charge in [-0.05, 0) is 58.4 Å². The van der Waals surface area contributed by atoms with Crippen molar-refractivity contribution in [2.45, 2.75) is 64.5 Å². The molecule has 0 amide bonds. The second kappa shape index (κ2) is 6.72. The van der Waals surface area contributed by atoms with Crippen LogP contribution in [0.5, 0.6) is 0 Å². The molecule has 0 aliphatic carbocycles. The Bertz CT molecular complexity index is 218. The van der Waals surface area contributed by atoms with Crippen LogP contribution in [0.3, 0.4) is 0 Å². The van der Waals surface area contributed by atoms with E-state index in [4.69, 9.17) is 5.73 Å². The Morgan fingerprint density at radius 3 is 2.65 bits per heavy atom. The normalized spacial score (nSPS) is 30.2. The first-order valence-electron chi connectivity index (χ1n) is 7.11. The van der Waals surface area contributed by atoms with E-state index in [1.165, 1.54) is 32.4 Å². The molecule has 3 unspecified atom stereocenters. The molecule has 1 aliphatic rings. The SMILES string of the molecule is CC1CCC(C)N(CCCCC(C)(O)CN)C1. The number of likely N-dealkylation sites (tertiary alicyclic amines) is 1. The summed E-state index contributed by atoms with van der Waals surface area (Å²) in [6.07, 6.45) is 5.78. The topological polar surface area (TPSA) is 49.5 Å². The van der Waals surface area contributed by atoms with Crippen LogP contribution in [0.1, 0.15) is 52.9 Å². The van der Waals surface area contributed by atoms with E-state index in [0.29, 0.717) is 6.54 Å². The second-order valence-corrected chi connectivity index (χ2v) is 6.18. The molecule has 1 saturated heterocycles. The third-order valence-electron chi connectivity index (χ3n) is 4.10. The van der Waals surface area contributed by atoms with Crippen molar-refractivity contribution in [1.82, 2.24) is 4.90 Å². The van der Waals surface area contributed by atoms with Gasteiger partial charge in [0.1, 0.15) is 0 Å². The number of nitrogens with two attached hydrogens (primary N) is 1. The molecule has 0 aromatic carbocycles. The van der Waals surface area contributed by atoms with Crippen LogP contribution in [-0.2, 0) is 0 Å². The summed E-state index contributed by atoms with van der Waals surface area (Å²) >= 11 is 0. The zero-order chi connectivity index (χ0) is 12.9. The average Bonchev–Trinajstić information content (AvgIpc) is 2.29. The molecule has 17 heavy (non-hydrogen) atoms. The highest BCUT2D eigenvalue weighted by Gasteiger charge is 2.22. The summed E-state index contributed by atoms with van der Waals surface area (Å²) in [5.74, 6) is 0.846. The van der Waals surface area contributed by atoms with Crippen LogP contribution < -0.4 is 5.73 Å². The predicted octanol–water partition coefficient (Wildman–Crippen LogP) is 1.99. The molecule has 0 bridgehead atoms. The van der Waals surface area contributed by atoms with Gasteiger partial charge >= 0.3 is 0 Å². The van der Waals surface area contributed by atoms with Gasteiger partial charge in [-0.25, -0.2) is 0 Å². The van der Waals surface area contributed by atoms with Gasteiger partial charge in [0, 0.05) is 19.1 Å². The fourth-order valence-electron chi connectivity index (χ4n) is 2.61. The maximum Gasteiger partial charge on any atom is 0.0741 e. The Morgan fingerprint density at radius 2 is 2.00 bits per heavy atom. The molecular formula is C14H30N2O. The number of piperidine rings is 1. The molecule has 1 rings (SSSR count). The van der Waals surface area contributed by atoms with Gasteiger partial charge in [0.15, 0.2) is 0 Å². The van der Waals surface area contributed by atoms with Gasteiger partial charge in [-0.2, -0.15) is 0 Å². The van der Waals surface area contributed by atoms with Gasteiger partial charge in [-0.3, -0.25) is 0 Å². The fraction of sp³-hybridized carbons (Fsp3) is 1.00. The van der Waals surface area contributed by atoms with E-state index < -0.39 is 5.60 Å². The summed E-state index contributed by atoms with van der Waals surface area (Å²) in [4.78, 5) is 2.60. The lowest BCUT2D eigenvalue weighted by Crippen LogP contribution is -2.41. The van der Waals surface area contributed by atoms with Crippen molar-refractivity contribution in [1.29, 1.82) is 0 Å². The summed E-state index contributed by atoms with van der Waals surface area (Å²) in [6.45, 7) is 9.30. The Morgan fingerprint density at radius 1 is 1.29 bits per heavy atom. The number of nitrogens with zero attached hydrogens (tertiary/aromatic N) is 1. The zero-order valence-corrected chi connectivity index (χ0v) is 11.8. The summed E-state index contributed by atoms with van der Waals surface area (Å²) < 4.78 is 0. The molecule has 0 saturated carbocycles. The second-order valence-electron chi connectivity index (χ2n) is 6.18. The van der Waals surface area contributed by atoms with Crippen LogP contribution in [0.25, 0.3) is 0 Å². The van der Waals surface area contributed by atoms with Crippen molar-refractivity contribution >= 4 is 0 Å². The van der Waals surface area contributed by atoms with Gasteiger partial charge in [0.05, 0.1) is 5.60 Å². The Labute approximate surface area is 106 Å². The lowest BCUT2D eigenvalue weighted by molar-refractivity contribution is 0.0544. The molecule has 1 fully saturated rings. The number of hydrogen-bond donors (Lipinski definition) is 2. The van der Waals surface area contributed by atoms with Crippen molar-refractivity contribution in [2.75, 3.05) is 19.6 Å². The van der Waals surface area contributed by atoms with Crippen molar-refractivity contribution < 1.29 is 5.11 Å². The quantitative estimate of drug-likeness (QED) is 0.700. The summed E-state index contributed by atoms with van der Waals surface area (Å²) in [7, 11) is 0. The molecule has 3 nitrogen and oxygen atoms in total. The van der Waals surface area contributed by atoms with Gasteiger partial charge in [-0.1, -0.05) is 6.92 Å². The van der Waals surface area contributed by atoms with E-state index in [2.05, 4.69) is 18.7 Å². The minimum atomic E-state index is -0.666. The fourth-order valence-corrected chi connectivity index (χ4v) is 2.61. The third-order valence-corrected chi connectivity index (χ3v) is 4.10. The monoisotopic (exact) mass is 242 g/mol. The standard InChI is InChI=1S/C14H30N2O/c1-12-6-7-13(2)16(10-12)9-5-4-8-14(3,17)11-15/h12-13,17H,4-11,15H2,1-3H3. The van der Waals surface area contributed by atoms with Crippen LogP contribution in [0.2, 0.25) is 0 Å². The lowest BCUT2D eigenvalue weighted by atomic mass is 9.94. The third kappa shape index (κ3) is 5.36. The van der Waals surface area contributed by atoms with E-state index in [1.54, 1.807) is 0 Å². The van der Waals surface area contributed by atoms with E-state index in [9.17, 15) is 5.11 Å². The number of aliphatic hydroxyl groups is 1. The first-order valence-corrected chi connectivity index (χ1v) is 7.11. The van der Waals surface area contributed by atoms with Gasteiger partial charge in [0.25, 0.3) is 0 Å². The Kier molecular flexibility index (Phi) is 5.90. The largest absolute Gasteiger partial charge is 0.389 e. The molecule has 0 aromatic heterocycles. The molecule has 0 spiro atoms. The minimum Gasteiger partial charge on any atom is -0.389 e. The Hall–Kier alpha value is -0.120. The number of unbranched alkanes of at least 4 members (excludes halogenated alkanes) is 1.